The highest BCUT2D eigenvalue weighted by atomic mass is 16.5. The molecule has 1 aromatic carbocycles. The molecule has 2 aromatic rings. The van der Waals surface area contributed by atoms with Gasteiger partial charge in [0, 0.05) is 18.2 Å². The molecule has 6 heteroatoms. The van der Waals surface area contributed by atoms with Crippen molar-refractivity contribution in [3.05, 3.63) is 36.1 Å². The zero-order valence-electron chi connectivity index (χ0n) is 12.3. The molecule has 112 valence electrons. The molecule has 2 rings (SSSR count). The molecule has 6 nitrogen and oxygen atoms in total. The van der Waals surface area contributed by atoms with Crippen molar-refractivity contribution in [2.75, 3.05) is 11.9 Å². The minimum Gasteiger partial charge on any atom is -0.483 e. The van der Waals surface area contributed by atoms with Crippen LogP contribution in [0.15, 0.2) is 39.9 Å². The summed E-state index contributed by atoms with van der Waals surface area (Å²) in [5, 5.41) is 12.0. The number of nitrogens with one attached hydrogen (secondary N) is 1. The molecule has 0 saturated carbocycles. The van der Waals surface area contributed by atoms with Gasteiger partial charge in [-0.15, -0.1) is 0 Å². The zero-order valence-corrected chi connectivity index (χ0v) is 12.3. The summed E-state index contributed by atoms with van der Waals surface area (Å²) in [6.07, 6.45) is 2.73. The average molecular weight is 297 g/mol. The number of benzene rings is 1. The Balaban J connectivity index is 2.29. The van der Waals surface area contributed by atoms with Crippen molar-refractivity contribution in [3.8, 4) is 17.2 Å². The van der Waals surface area contributed by atoms with E-state index >= 15 is 0 Å². The Bertz CT molecular complexity index is 724. The van der Waals surface area contributed by atoms with Crippen LogP contribution >= 0.6 is 0 Å². The Labute approximate surface area is 128 Å². The van der Waals surface area contributed by atoms with E-state index in [1.807, 2.05) is 6.92 Å². The summed E-state index contributed by atoms with van der Waals surface area (Å²) in [6.45, 7) is 3.77. The van der Waals surface area contributed by atoms with E-state index in [4.69, 9.17) is 9.15 Å². The second-order valence-electron chi connectivity index (χ2n) is 4.39. The molecule has 0 aliphatic carbocycles. The molecule has 0 atom stereocenters. The van der Waals surface area contributed by atoms with E-state index < -0.39 is 0 Å². The highest BCUT2D eigenvalue weighted by Crippen LogP contribution is 2.33. The molecule has 1 N–H and O–H groups in total. The van der Waals surface area contributed by atoms with Crippen molar-refractivity contribution in [3.63, 3.8) is 0 Å². The molecule has 0 unspecified atom stereocenters. The number of aliphatic imine (C=N–C) groups is 1. The highest BCUT2D eigenvalue weighted by Gasteiger charge is 2.14. The summed E-state index contributed by atoms with van der Waals surface area (Å²) in [6, 6.07) is 9.20. The lowest BCUT2D eigenvalue weighted by atomic mass is 10.0. The number of furan rings is 1. The van der Waals surface area contributed by atoms with Gasteiger partial charge in [-0.1, -0.05) is 12.1 Å². The predicted octanol–water partition coefficient (Wildman–Crippen LogP) is 3.47. The molecule has 1 aromatic heterocycles. The first-order valence-corrected chi connectivity index (χ1v) is 6.69. The van der Waals surface area contributed by atoms with Crippen molar-refractivity contribution in [2.45, 2.75) is 13.8 Å². The minimum absolute atomic E-state index is 0.138. The highest BCUT2D eigenvalue weighted by molar-refractivity contribution is 5.89. The first-order chi connectivity index (χ1) is 10.7. The van der Waals surface area contributed by atoms with Gasteiger partial charge in [0.1, 0.15) is 17.9 Å². The Morgan fingerprint density at radius 3 is 2.77 bits per heavy atom. The van der Waals surface area contributed by atoms with Gasteiger partial charge in [0.25, 0.3) is 0 Å². The summed E-state index contributed by atoms with van der Waals surface area (Å²) >= 11 is 0. The van der Waals surface area contributed by atoms with Crippen LogP contribution in [-0.2, 0) is 9.53 Å². The molecule has 0 aliphatic rings. The first-order valence-electron chi connectivity index (χ1n) is 6.69. The van der Waals surface area contributed by atoms with Gasteiger partial charge in [-0.05, 0) is 24.6 Å². The maximum Gasteiger partial charge on any atom is 0.240 e. The van der Waals surface area contributed by atoms with Crippen molar-refractivity contribution in [2.24, 2.45) is 4.99 Å². The third-order valence-electron chi connectivity index (χ3n) is 2.81. The number of ether oxygens (including phenoxy) is 1. The maximum atomic E-state index is 11.0. The number of carbonyl (C=O) groups is 1. The standard InChI is InChI=1S/C16H15N3O3/c1-3-21-10-18-16-14(8-17)15(9-22-16)12-4-6-13(7-5-12)19-11(2)20/h4-7,9-10H,3H2,1-2H3,(H,19,20)/b18-10+. The molecular weight excluding hydrogens is 282 g/mol. The molecule has 0 aliphatic heterocycles. The summed E-state index contributed by atoms with van der Waals surface area (Å²) in [7, 11) is 0. The van der Waals surface area contributed by atoms with Crippen molar-refractivity contribution in [1.29, 1.82) is 5.26 Å². The van der Waals surface area contributed by atoms with Crippen LogP contribution in [0.4, 0.5) is 11.6 Å². The van der Waals surface area contributed by atoms with Crippen LogP contribution in [0, 0.1) is 11.3 Å². The largest absolute Gasteiger partial charge is 0.483 e. The molecule has 0 fully saturated rings. The van der Waals surface area contributed by atoms with Gasteiger partial charge in [0.05, 0.1) is 6.61 Å². The van der Waals surface area contributed by atoms with Gasteiger partial charge in [-0.3, -0.25) is 4.79 Å². The number of hydrogen-bond acceptors (Lipinski definition) is 5. The van der Waals surface area contributed by atoms with E-state index in [0.717, 1.165) is 5.56 Å². The lowest BCUT2D eigenvalue weighted by molar-refractivity contribution is -0.114. The molecule has 22 heavy (non-hydrogen) atoms. The maximum absolute atomic E-state index is 11.0. The van der Waals surface area contributed by atoms with Crippen molar-refractivity contribution >= 4 is 23.9 Å². The second kappa shape index (κ2) is 7.09. The van der Waals surface area contributed by atoms with Gasteiger partial charge in [-0.25, -0.2) is 0 Å². The lowest BCUT2D eigenvalue weighted by Crippen LogP contribution is -2.05. The lowest BCUT2D eigenvalue weighted by Gasteiger charge is -2.03. The summed E-state index contributed by atoms with van der Waals surface area (Å²) in [4.78, 5) is 15.0. The fourth-order valence-corrected chi connectivity index (χ4v) is 1.86. The number of anilines is 1. The van der Waals surface area contributed by atoms with Gasteiger partial charge in [0.15, 0.2) is 6.40 Å². The Morgan fingerprint density at radius 1 is 1.45 bits per heavy atom. The number of nitrogens with zero attached hydrogens (tertiary/aromatic N) is 2. The van der Waals surface area contributed by atoms with Gasteiger partial charge >= 0.3 is 0 Å². The monoisotopic (exact) mass is 297 g/mol. The quantitative estimate of drug-likeness (QED) is 0.676. The molecule has 1 amide bonds. The van der Waals surface area contributed by atoms with Gasteiger partial charge in [-0.2, -0.15) is 10.3 Å². The van der Waals surface area contributed by atoms with Crippen LogP contribution in [0.2, 0.25) is 0 Å². The minimum atomic E-state index is -0.138. The molecule has 0 bridgehead atoms. The number of rotatable bonds is 5. The molecule has 1 heterocycles. The second-order valence-corrected chi connectivity index (χ2v) is 4.39. The normalized spacial score (nSPS) is 10.4. The number of carbonyl (C=O) groups excluding carboxylic acids is 1. The number of amides is 1. The van der Waals surface area contributed by atoms with Crippen LogP contribution in [-0.4, -0.2) is 18.9 Å². The topological polar surface area (TPSA) is 87.6 Å². The average Bonchev–Trinajstić information content (AvgIpc) is 2.90. The van der Waals surface area contributed by atoms with Crippen LogP contribution in [0.25, 0.3) is 11.1 Å². The van der Waals surface area contributed by atoms with E-state index in [1.54, 1.807) is 24.3 Å². The van der Waals surface area contributed by atoms with Crippen LogP contribution in [0.3, 0.4) is 0 Å². The van der Waals surface area contributed by atoms with Gasteiger partial charge in [0.2, 0.25) is 11.8 Å². The fraction of sp³-hybridized carbons (Fsp3) is 0.188. The Hall–Kier alpha value is -3.07. The third-order valence-corrected chi connectivity index (χ3v) is 2.81. The summed E-state index contributed by atoms with van der Waals surface area (Å²) in [5.74, 6) is 0.0678. The van der Waals surface area contributed by atoms with Gasteiger partial charge < -0.3 is 14.5 Å². The molecule has 0 spiro atoms. The summed E-state index contributed by atoms with van der Waals surface area (Å²) < 4.78 is 10.3. The zero-order chi connectivity index (χ0) is 15.9. The van der Waals surface area contributed by atoms with Crippen LogP contribution in [0.1, 0.15) is 19.4 Å². The van der Waals surface area contributed by atoms with Crippen LogP contribution in [0.5, 0.6) is 0 Å². The Kier molecular flexibility index (Phi) is 4.94. The number of nitriles is 1. The Morgan fingerprint density at radius 2 is 2.18 bits per heavy atom. The van der Waals surface area contributed by atoms with E-state index in [0.29, 0.717) is 23.4 Å². The third kappa shape index (κ3) is 3.52. The van der Waals surface area contributed by atoms with E-state index in [1.165, 1.54) is 19.6 Å². The number of hydrogen-bond donors (Lipinski definition) is 1. The van der Waals surface area contributed by atoms with E-state index in [2.05, 4.69) is 16.4 Å². The fourth-order valence-electron chi connectivity index (χ4n) is 1.86. The SMILES string of the molecule is CCO/C=N/c1occ(-c2ccc(NC(C)=O)cc2)c1C#N. The predicted molar refractivity (Wildman–Crippen MR) is 82.9 cm³/mol. The van der Waals surface area contributed by atoms with Crippen LogP contribution < -0.4 is 5.32 Å². The smallest absolute Gasteiger partial charge is 0.240 e. The molecule has 0 saturated heterocycles. The van der Waals surface area contributed by atoms with E-state index in [-0.39, 0.29) is 11.8 Å². The van der Waals surface area contributed by atoms with Crippen molar-refractivity contribution < 1.29 is 13.9 Å². The van der Waals surface area contributed by atoms with Crippen molar-refractivity contribution in [1.82, 2.24) is 0 Å². The summed E-state index contributed by atoms with van der Waals surface area (Å²) in [5.41, 5.74) is 2.46. The first kappa shape index (κ1) is 15.3. The molecule has 0 radical (unpaired) electrons. The van der Waals surface area contributed by atoms with E-state index in [9.17, 15) is 10.1 Å². The molecular formula is C16H15N3O3.